The number of rotatable bonds is 7. The van der Waals surface area contributed by atoms with Crippen LogP contribution in [0.15, 0.2) is 24.3 Å². The minimum absolute atomic E-state index is 0.0903. The topological polar surface area (TPSA) is 116 Å². The van der Waals surface area contributed by atoms with E-state index in [0.717, 1.165) is 5.56 Å². The molecule has 1 aromatic rings. The van der Waals surface area contributed by atoms with Crippen molar-refractivity contribution in [1.29, 1.82) is 0 Å². The lowest BCUT2D eigenvalue weighted by Crippen LogP contribution is -2.58. The van der Waals surface area contributed by atoms with Crippen molar-refractivity contribution in [2.24, 2.45) is 5.92 Å². The van der Waals surface area contributed by atoms with Crippen LogP contribution in [-0.2, 0) is 14.4 Å². The monoisotopic (exact) mass is 447 g/mol. The standard InChI is InChI=1S/C22H29N3O5S/c1-11(2)10-15(17(26)23-12(3)21(29)30)24-18(27)16-22(4,5)31-20-14-9-7-6-8-13(14)19(28)25(16)20/h6-9,11-12,15-16,20H,10H2,1-5H3,(H,23,26)(H,24,27)(H,29,30)/t12-,15+,16+,20+/m1/s1. The van der Waals surface area contributed by atoms with Crippen LogP contribution in [0.3, 0.4) is 0 Å². The van der Waals surface area contributed by atoms with Gasteiger partial charge in [-0.05, 0) is 44.7 Å². The van der Waals surface area contributed by atoms with E-state index in [2.05, 4.69) is 10.6 Å². The Balaban J connectivity index is 1.83. The first kappa shape index (κ1) is 23.1. The number of benzene rings is 1. The predicted molar refractivity (Wildman–Crippen MR) is 117 cm³/mol. The minimum atomic E-state index is -1.15. The molecule has 0 bridgehead atoms. The number of hydrogen-bond donors (Lipinski definition) is 3. The predicted octanol–water partition coefficient (Wildman–Crippen LogP) is 2.16. The highest BCUT2D eigenvalue weighted by Crippen LogP contribution is 2.56. The van der Waals surface area contributed by atoms with Gasteiger partial charge in [0.25, 0.3) is 5.91 Å². The average Bonchev–Trinajstić information content (AvgIpc) is 3.10. The van der Waals surface area contributed by atoms with Gasteiger partial charge in [-0.2, -0.15) is 0 Å². The van der Waals surface area contributed by atoms with E-state index in [0.29, 0.717) is 12.0 Å². The maximum Gasteiger partial charge on any atom is 0.325 e. The van der Waals surface area contributed by atoms with Gasteiger partial charge in [0, 0.05) is 10.3 Å². The van der Waals surface area contributed by atoms with Crippen molar-refractivity contribution in [3.05, 3.63) is 35.4 Å². The number of hydrogen-bond acceptors (Lipinski definition) is 5. The van der Waals surface area contributed by atoms with Crippen LogP contribution in [0.2, 0.25) is 0 Å². The number of amides is 3. The second kappa shape index (κ2) is 8.53. The van der Waals surface area contributed by atoms with Crippen LogP contribution in [0.1, 0.15) is 62.3 Å². The molecule has 0 radical (unpaired) electrons. The fraction of sp³-hybridized carbons (Fsp3) is 0.545. The van der Waals surface area contributed by atoms with Gasteiger partial charge in [0.1, 0.15) is 23.5 Å². The molecule has 3 N–H and O–H groups in total. The van der Waals surface area contributed by atoms with Gasteiger partial charge in [-0.15, -0.1) is 11.8 Å². The third kappa shape index (κ3) is 4.42. The van der Waals surface area contributed by atoms with Crippen LogP contribution in [0, 0.1) is 5.92 Å². The van der Waals surface area contributed by atoms with Crippen LogP contribution in [0.4, 0.5) is 0 Å². The maximum atomic E-state index is 13.4. The van der Waals surface area contributed by atoms with E-state index < -0.39 is 40.7 Å². The highest BCUT2D eigenvalue weighted by atomic mass is 32.2. The van der Waals surface area contributed by atoms with E-state index in [-0.39, 0.29) is 17.2 Å². The smallest absolute Gasteiger partial charge is 0.325 e. The van der Waals surface area contributed by atoms with Gasteiger partial charge in [-0.25, -0.2) is 0 Å². The van der Waals surface area contributed by atoms with Gasteiger partial charge in [-0.1, -0.05) is 32.0 Å². The summed E-state index contributed by atoms with van der Waals surface area (Å²) in [5.74, 6) is -2.21. The molecule has 2 aliphatic rings. The van der Waals surface area contributed by atoms with Crippen molar-refractivity contribution in [2.45, 2.75) is 69.3 Å². The first-order valence-corrected chi connectivity index (χ1v) is 11.2. The van der Waals surface area contributed by atoms with Gasteiger partial charge >= 0.3 is 5.97 Å². The Morgan fingerprint density at radius 1 is 1.16 bits per heavy atom. The van der Waals surface area contributed by atoms with E-state index in [4.69, 9.17) is 5.11 Å². The van der Waals surface area contributed by atoms with E-state index in [1.165, 1.54) is 6.92 Å². The highest BCUT2D eigenvalue weighted by molar-refractivity contribution is 8.01. The van der Waals surface area contributed by atoms with Crippen LogP contribution in [0.5, 0.6) is 0 Å². The van der Waals surface area contributed by atoms with Crippen LogP contribution in [-0.4, -0.2) is 56.6 Å². The Morgan fingerprint density at radius 2 is 1.81 bits per heavy atom. The molecule has 0 aliphatic carbocycles. The molecule has 0 spiro atoms. The van der Waals surface area contributed by atoms with E-state index in [1.54, 1.807) is 28.8 Å². The molecule has 9 heteroatoms. The van der Waals surface area contributed by atoms with E-state index in [1.807, 2.05) is 39.8 Å². The van der Waals surface area contributed by atoms with Crippen molar-refractivity contribution in [3.8, 4) is 0 Å². The third-order valence-electron chi connectivity index (χ3n) is 5.61. The number of nitrogens with zero attached hydrogens (tertiary/aromatic N) is 1. The molecule has 2 aliphatic heterocycles. The van der Waals surface area contributed by atoms with E-state index >= 15 is 0 Å². The number of aliphatic carboxylic acids is 1. The molecule has 1 saturated heterocycles. The second-order valence-corrected chi connectivity index (χ2v) is 10.8. The summed E-state index contributed by atoms with van der Waals surface area (Å²) in [6.07, 6.45) is 0.349. The summed E-state index contributed by atoms with van der Waals surface area (Å²) < 4.78 is -0.564. The van der Waals surface area contributed by atoms with Crippen molar-refractivity contribution < 1.29 is 24.3 Å². The van der Waals surface area contributed by atoms with Gasteiger partial charge in [0.2, 0.25) is 11.8 Å². The number of carbonyl (C=O) groups is 4. The number of carboxylic acid groups (broad SMARTS) is 1. The Bertz CT molecular complexity index is 916. The molecule has 3 amide bonds. The molecular formula is C22H29N3O5S. The summed E-state index contributed by atoms with van der Waals surface area (Å²) in [4.78, 5) is 51.9. The van der Waals surface area contributed by atoms with Crippen molar-refractivity contribution in [3.63, 3.8) is 0 Å². The van der Waals surface area contributed by atoms with Gasteiger partial charge in [0.05, 0.1) is 0 Å². The highest BCUT2D eigenvalue weighted by Gasteiger charge is 2.57. The van der Waals surface area contributed by atoms with Gasteiger partial charge < -0.3 is 20.6 Å². The number of nitrogens with one attached hydrogen (secondary N) is 2. The Hall–Kier alpha value is -2.55. The molecule has 1 fully saturated rings. The molecule has 8 nitrogen and oxygen atoms in total. The average molecular weight is 448 g/mol. The summed E-state index contributed by atoms with van der Waals surface area (Å²) in [5.41, 5.74) is 1.49. The number of carboxylic acids is 1. The molecule has 0 aromatic heterocycles. The zero-order valence-corrected chi connectivity index (χ0v) is 19.2. The lowest BCUT2D eigenvalue weighted by Gasteiger charge is -2.31. The molecule has 168 valence electrons. The van der Waals surface area contributed by atoms with Crippen molar-refractivity contribution in [2.75, 3.05) is 0 Å². The molecule has 1 aromatic carbocycles. The lowest BCUT2D eigenvalue weighted by molar-refractivity contribution is -0.141. The Kier molecular flexibility index (Phi) is 6.36. The molecule has 4 atom stereocenters. The number of carbonyl (C=O) groups excluding carboxylic acids is 3. The molecule has 0 saturated carbocycles. The minimum Gasteiger partial charge on any atom is -0.480 e. The first-order chi connectivity index (χ1) is 14.4. The normalized spacial score (nSPS) is 23.2. The Labute approximate surface area is 186 Å². The summed E-state index contributed by atoms with van der Waals surface area (Å²) in [5, 5.41) is 14.1. The van der Waals surface area contributed by atoms with E-state index in [9.17, 15) is 19.2 Å². The summed E-state index contributed by atoms with van der Waals surface area (Å²) in [6, 6.07) is 4.62. The van der Waals surface area contributed by atoms with Crippen molar-refractivity contribution in [1.82, 2.24) is 15.5 Å². The van der Waals surface area contributed by atoms with Crippen molar-refractivity contribution >= 4 is 35.5 Å². The quantitative estimate of drug-likeness (QED) is 0.590. The summed E-state index contributed by atoms with van der Waals surface area (Å²) in [6.45, 7) is 9.04. The summed E-state index contributed by atoms with van der Waals surface area (Å²) >= 11 is 1.55. The molecular weight excluding hydrogens is 418 g/mol. The third-order valence-corrected chi connectivity index (χ3v) is 7.15. The molecule has 31 heavy (non-hydrogen) atoms. The second-order valence-electron chi connectivity index (χ2n) is 9.04. The van der Waals surface area contributed by atoms with Crippen LogP contribution in [0.25, 0.3) is 0 Å². The first-order valence-electron chi connectivity index (χ1n) is 10.4. The van der Waals surface area contributed by atoms with Crippen LogP contribution >= 0.6 is 11.8 Å². The number of thioether (sulfide) groups is 1. The van der Waals surface area contributed by atoms with Gasteiger partial charge in [-0.3, -0.25) is 19.2 Å². The zero-order valence-electron chi connectivity index (χ0n) is 18.3. The van der Waals surface area contributed by atoms with Crippen LogP contribution < -0.4 is 10.6 Å². The number of fused-ring (bicyclic) bond motifs is 3. The van der Waals surface area contributed by atoms with Gasteiger partial charge in [0.15, 0.2) is 0 Å². The summed E-state index contributed by atoms with van der Waals surface area (Å²) in [7, 11) is 0. The molecule has 0 unspecified atom stereocenters. The largest absolute Gasteiger partial charge is 0.480 e. The molecule has 3 rings (SSSR count). The lowest BCUT2D eigenvalue weighted by atomic mass is 9.98. The fourth-order valence-corrected chi connectivity index (χ4v) is 5.72. The molecule has 2 heterocycles. The maximum absolute atomic E-state index is 13.4. The zero-order chi connectivity index (χ0) is 23.1. The Morgan fingerprint density at radius 3 is 2.42 bits per heavy atom. The fourth-order valence-electron chi connectivity index (χ4n) is 4.13. The SMILES string of the molecule is CC(C)C[C@H](NC(=O)[C@@H]1N2C(=O)c3ccccc3[C@@H]2SC1(C)C)C(=O)N[C@H](C)C(=O)O.